The third kappa shape index (κ3) is 6.46. The minimum Gasteiger partial charge on any atom is -0.147 e. The van der Waals surface area contributed by atoms with Crippen molar-refractivity contribution in [2.24, 2.45) is 0 Å². The predicted octanol–water partition coefficient (Wildman–Crippen LogP) is 12.6. The Morgan fingerprint density at radius 1 is 0.538 bits per heavy atom. The summed E-state index contributed by atoms with van der Waals surface area (Å²) < 4.78 is 6.61. The molecule has 2 aliphatic rings. The summed E-state index contributed by atoms with van der Waals surface area (Å²) in [7, 11) is -3.45. The molecule has 2 unspecified atom stereocenters. The zero-order valence-corrected chi connectivity index (χ0v) is 39.1. The maximum absolute atomic E-state index is 4.90. The number of rotatable bonds is 6. The first kappa shape index (κ1) is 39.0. The summed E-state index contributed by atoms with van der Waals surface area (Å²) in [4.78, 5) is 9.80. The standard InChI is InChI=1S/2C21H20NSi.2CH3.2ClH.H2Si.Zr/c2*1-23(2,3)18-12-15-8-6-9-19(20(15)13-18)17-11-16-7-4-5-10-21(16)22-14-17;;;;;;/h2*4-14H,1-3H3;2*1H3;2*1H;1H2;. The first-order valence-corrected chi connectivity index (χ1v) is 38.8. The summed E-state index contributed by atoms with van der Waals surface area (Å²) in [6.45, 7) is 17.9. The van der Waals surface area contributed by atoms with E-state index in [1.165, 1.54) is 44.2 Å². The van der Waals surface area contributed by atoms with Crippen molar-refractivity contribution >= 4 is 81.8 Å². The van der Waals surface area contributed by atoms with E-state index in [2.05, 4.69) is 177 Å². The third-order valence-corrected chi connectivity index (χ3v) is 34.5. The zero-order chi connectivity index (χ0) is 35.2. The van der Waals surface area contributed by atoms with Gasteiger partial charge in [-0.1, -0.05) is 0 Å². The summed E-state index contributed by atoms with van der Waals surface area (Å²) >= 11 is -3.87. The minimum atomic E-state index is -3.87. The van der Waals surface area contributed by atoms with Crippen LogP contribution in [0, 0.1) is 0 Å². The molecule has 0 saturated carbocycles. The average Bonchev–Trinajstić information content (AvgIpc) is 3.70. The Kier molecular flexibility index (Phi) is 10.2. The van der Waals surface area contributed by atoms with E-state index in [4.69, 9.17) is 9.97 Å². The van der Waals surface area contributed by atoms with E-state index in [1.807, 2.05) is 0 Å². The fourth-order valence-corrected chi connectivity index (χ4v) is 44.6. The monoisotopic (exact) mass is 850 g/mol. The van der Waals surface area contributed by atoms with Crippen molar-refractivity contribution in [1.82, 2.24) is 9.97 Å². The largest absolute Gasteiger partial charge is 0.147 e. The van der Waals surface area contributed by atoms with Crippen LogP contribution < -0.4 is 0 Å². The Morgan fingerprint density at radius 2 is 0.923 bits per heavy atom. The van der Waals surface area contributed by atoms with E-state index in [0.29, 0.717) is 7.25 Å². The number of halogens is 2. The number of para-hydroxylation sites is 2. The van der Waals surface area contributed by atoms with Crippen molar-refractivity contribution in [2.75, 3.05) is 0 Å². The van der Waals surface area contributed by atoms with Crippen LogP contribution in [0.15, 0.2) is 120 Å². The second kappa shape index (κ2) is 13.5. The molecule has 0 saturated heterocycles. The summed E-state index contributed by atoms with van der Waals surface area (Å²) in [6, 6.07) is 36.0. The van der Waals surface area contributed by atoms with Gasteiger partial charge in [0.25, 0.3) is 0 Å². The minimum absolute atomic E-state index is 0. The molecule has 0 fully saturated rings. The SMILES string of the molecule is C[Si](C)(C)C1=Cc2c(-c3cnc4ccccc4c3)cccc2[CH]1[Zr]([CH3])([CH3])(=[SiH2])[CH]1C([Si](C)(C)C)=Cc2c(-c3cnc4ccccc4c3)cccc21.Cl.Cl. The molecule has 0 aliphatic heterocycles. The first-order chi connectivity index (χ1) is 23.6. The van der Waals surface area contributed by atoms with Crippen LogP contribution in [0.5, 0.6) is 0 Å². The molecule has 0 spiro atoms. The topological polar surface area (TPSA) is 25.8 Å². The van der Waals surface area contributed by atoms with Crippen LogP contribution in [-0.2, 0) is 17.4 Å². The summed E-state index contributed by atoms with van der Waals surface area (Å²) in [5, 5.41) is 5.89. The molecule has 0 N–H and O–H groups in total. The van der Waals surface area contributed by atoms with Gasteiger partial charge in [0.1, 0.15) is 0 Å². The molecule has 0 bridgehead atoms. The van der Waals surface area contributed by atoms with Gasteiger partial charge >= 0.3 is 305 Å². The normalized spacial score (nSPS) is 17.2. The van der Waals surface area contributed by atoms with Crippen molar-refractivity contribution in [3.8, 4) is 22.3 Å². The van der Waals surface area contributed by atoms with Crippen molar-refractivity contribution in [3.63, 3.8) is 0 Å². The van der Waals surface area contributed by atoms with E-state index >= 15 is 0 Å². The van der Waals surface area contributed by atoms with Gasteiger partial charge in [-0.2, -0.15) is 0 Å². The Bertz CT molecular complexity index is 2350. The van der Waals surface area contributed by atoms with Gasteiger partial charge in [0.05, 0.1) is 0 Å². The van der Waals surface area contributed by atoms with Crippen molar-refractivity contribution in [3.05, 3.63) is 142 Å². The van der Waals surface area contributed by atoms with Crippen LogP contribution in [0.2, 0.25) is 48.5 Å². The Morgan fingerprint density at radius 3 is 1.31 bits per heavy atom. The molecule has 2 heterocycles. The van der Waals surface area contributed by atoms with Gasteiger partial charge in [0.2, 0.25) is 0 Å². The fraction of sp³-hybridized carbons (Fsp3) is 0.227. The number of hydrogen-bond donors (Lipinski definition) is 0. The van der Waals surface area contributed by atoms with Gasteiger partial charge in [0, 0.05) is 0 Å². The van der Waals surface area contributed by atoms with E-state index in [1.54, 1.807) is 21.5 Å². The predicted molar refractivity (Wildman–Crippen MR) is 237 cm³/mol. The molecule has 266 valence electrons. The number of nitrogens with zero attached hydrogens (tertiary/aromatic N) is 2. The Labute approximate surface area is 326 Å². The molecule has 52 heavy (non-hydrogen) atoms. The van der Waals surface area contributed by atoms with Gasteiger partial charge in [-0.25, -0.2) is 0 Å². The van der Waals surface area contributed by atoms with E-state index in [-0.39, 0.29) is 24.8 Å². The number of pyridine rings is 2. The molecule has 2 nitrogen and oxygen atoms in total. The summed E-state index contributed by atoms with van der Waals surface area (Å²) in [5.74, 6) is 0. The first-order valence-electron chi connectivity index (χ1n) is 18.1. The van der Waals surface area contributed by atoms with Crippen LogP contribution in [0.4, 0.5) is 0 Å². The maximum atomic E-state index is 4.90. The second-order valence-electron chi connectivity index (χ2n) is 18.0. The molecule has 0 radical (unpaired) electrons. The number of allylic oxidation sites excluding steroid dienone is 2. The van der Waals surface area contributed by atoms with Crippen LogP contribution in [-0.4, -0.2) is 33.0 Å². The summed E-state index contributed by atoms with van der Waals surface area (Å²) in [6.07, 6.45) is 9.51. The molecule has 2 aliphatic carbocycles. The van der Waals surface area contributed by atoms with E-state index < -0.39 is 33.5 Å². The average molecular weight is 853 g/mol. The van der Waals surface area contributed by atoms with Gasteiger partial charge in [-0.05, 0) is 0 Å². The Hall–Kier alpha value is -2.71. The van der Waals surface area contributed by atoms with E-state index in [0.717, 1.165) is 11.0 Å². The quantitative estimate of drug-likeness (QED) is 0.156. The number of aromatic nitrogens is 2. The molecule has 0 amide bonds. The van der Waals surface area contributed by atoms with Crippen molar-refractivity contribution in [1.29, 1.82) is 0 Å². The molecule has 8 rings (SSSR count). The molecule has 2 atom stereocenters. The van der Waals surface area contributed by atoms with Crippen LogP contribution in [0.3, 0.4) is 0 Å². The number of fused-ring (bicyclic) bond motifs is 4. The van der Waals surface area contributed by atoms with Crippen LogP contribution in [0.1, 0.15) is 29.5 Å². The fourth-order valence-electron chi connectivity index (χ4n) is 9.25. The van der Waals surface area contributed by atoms with Gasteiger partial charge in [-0.15, -0.1) is 24.8 Å². The summed E-state index contributed by atoms with van der Waals surface area (Å²) in [5.41, 5.74) is 13.2. The molecule has 2 aromatic heterocycles. The Balaban J connectivity index is 0.00000232. The smallest absolute Gasteiger partial charge is 0.147 e. The van der Waals surface area contributed by atoms with Gasteiger partial charge < -0.3 is 0 Å². The van der Waals surface area contributed by atoms with Crippen molar-refractivity contribution < 1.29 is 17.4 Å². The molecule has 8 heteroatoms. The van der Waals surface area contributed by atoms with Crippen LogP contribution >= 0.6 is 24.8 Å². The molecule has 6 aromatic rings. The van der Waals surface area contributed by atoms with Crippen molar-refractivity contribution in [2.45, 2.75) is 55.8 Å². The zero-order valence-electron chi connectivity index (χ0n) is 31.6. The molecular weight excluding hydrogens is 803 g/mol. The molecule has 4 aromatic carbocycles. The number of hydrogen-bond acceptors (Lipinski definition) is 2. The van der Waals surface area contributed by atoms with Gasteiger partial charge in [0.15, 0.2) is 0 Å². The van der Waals surface area contributed by atoms with Crippen LogP contribution in [0.25, 0.3) is 56.2 Å². The second-order valence-corrected chi connectivity index (χ2v) is 58.6. The van der Waals surface area contributed by atoms with E-state index in [9.17, 15) is 0 Å². The van der Waals surface area contributed by atoms with Gasteiger partial charge in [-0.3, -0.25) is 0 Å². The third-order valence-electron chi connectivity index (χ3n) is 11.6. The maximum Gasteiger partial charge on any atom is -0.147 e. The number of benzene rings is 4. The molecular formula is C44H50Cl2N2Si3Zr.